The van der Waals surface area contributed by atoms with Crippen LogP contribution in [0.25, 0.3) is 11.1 Å². The first-order valence-electron chi connectivity index (χ1n) is 4.29. The summed E-state index contributed by atoms with van der Waals surface area (Å²) in [6.45, 7) is 1.65. The maximum absolute atomic E-state index is 11.5. The van der Waals surface area contributed by atoms with Gasteiger partial charge in [-0.25, -0.2) is 0 Å². The van der Waals surface area contributed by atoms with Crippen LogP contribution in [-0.4, -0.2) is 4.98 Å². The summed E-state index contributed by atoms with van der Waals surface area (Å²) < 4.78 is 5.08. The standard InChI is InChI=1S/C11H9NO2/c1-8-12-11(13)10(7-14-8)9-5-3-2-4-6-9/h2-7H,1H3. The molecule has 70 valence electrons. The van der Waals surface area contributed by atoms with E-state index in [2.05, 4.69) is 4.98 Å². The second kappa shape index (κ2) is 3.46. The lowest BCUT2D eigenvalue weighted by atomic mass is 10.1. The molecule has 0 aliphatic rings. The number of hydrogen-bond donors (Lipinski definition) is 0. The molecule has 0 unspecified atom stereocenters. The first-order chi connectivity index (χ1) is 6.77. The van der Waals surface area contributed by atoms with E-state index in [1.807, 2.05) is 30.3 Å². The van der Waals surface area contributed by atoms with Crippen molar-refractivity contribution < 1.29 is 4.42 Å². The number of benzene rings is 1. The predicted octanol–water partition coefficient (Wildman–Crippen LogP) is 2.01. The van der Waals surface area contributed by atoms with Gasteiger partial charge in [0.25, 0.3) is 5.56 Å². The van der Waals surface area contributed by atoms with Crippen molar-refractivity contribution in [1.82, 2.24) is 4.98 Å². The molecule has 0 bridgehead atoms. The fraction of sp³-hybridized carbons (Fsp3) is 0.0909. The highest BCUT2D eigenvalue weighted by atomic mass is 16.3. The first-order valence-corrected chi connectivity index (χ1v) is 4.29. The zero-order valence-electron chi connectivity index (χ0n) is 7.73. The van der Waals surface area contributed by atoms with Gasteiger partial charge in [0.1, 0.15) is 6.26 Å². The molecule has 0 saturated carbocycles. The Morgan fingerprint density at radius 3 is 2.57 bits per heavy atom. The summed E-state index contributed by atoms with van der Waals surface area (Å²) in [5, 5.41) is 0. The highest BCUT2D eigenvalue weighted by Gasteiger charge is 2.04. The first kappa shape index (κ1) is 8.69. The van der Waals surface area contributed by atoms with Gasteiger partial charge in [0.2, 0.25) is 0 Å². The van der Waals surface area contributed by atoms with Gasteiger partial charge in [-0.15, -0.1) is 0 Å². The Labute approximate surface area is 81.0 Å². The Morgan fingerprint density at radius 1 is 1.21 bits per heavy atom. The summed E-state index contributed by atoms with van der Waals surface area (Å²) in [7, 11) is 0. The third kappa shape index (κ3) is 1.57. The Hall–Kier alpha value is -1.90. The van der Waals surface area contributed by atoms with Crippen molar-refractivity contribution in [2.75, 3.05) is 0 Å². The Morgan fingerprint density at radius 2 is 1.93 bits per heavy atom. The van der Waals surface area contributed by atoms with Crippen LogP contribution in [0.1, 0.15) is 5.89 Å². The van der Waals surface area contributed by atoms with Crippen LogP contribution in [0.2, 0.25) is 0 Å². The molecular weight excluding hydrogens is 178 g/mol. The van der Waals surface area contributed by atoms with Crippen molar-refractivity contribution in [3.05, 3.63) is 52.8 Å². The van der Waals surface area contributed by atoms with Crippen molar-refractivity contribution in [3.63, 3.8) is 0 Å². The van der Waals surface area contributed by atoms with Gasteiger partial charge in [-0.05, 0) is 5.56 Å². The second-order valence-electron chi connectivity index (χ2n) is 2.95. The quantitative estimate of drug-likeness (QED) is 0.685. The van der Waals surface area contributed by atoms with Crippen LogP contribution >= 0.6 is 0 Å². The topological polar surface area (TPSA) is 43.1 Å². The molecule has 0 amide bonds. The maximum Gasteiger partial charge on any atom is 0.283 e. The van der Waals surface area contributed by atoms with E-state index in [1.165, 1.54) is 6.26 Å². The molecule has 0 aliphatic heterocycles. The molecule has 1 aromatic heterocycles. The molecule has 0 saturated heterocycles. The van der Waals surface area contributed by atoms with E-state index in [0.717, 1.165) is 5.56 Å². The minimum absolute atomic E-state index is 0.250. The molecule has 14 heavy (non-hydrogen) atoms. The van der Waals surface area contributed by atoms with Gasteiger partial charge < -0.3 is 4.42 Å². The number of aromatic nitrogens is 1. The average molecular weight is 187 g/mol. The fourth-order valence-corrected chi connectivity index (χ4v) is 1.23. The van der Waals surface area contributed by atoms with E-state index in [0.29, 0.717) is 11.5 Å². The molecule has 0 N–H and O–H groups in total. The number of aryl methyl sites for hydroxylation is 1. The zero-order valence-corrected chi connectivity index (χ0v) is 7.73. The van der Waals surface area contributed by atoms with Gasteiger partial charge in [0.05, 0.1) is 5.56 Å². The second-order valence-corrected chi connectivity index (χ2v) is 2.95. The van der Waals surface area contributed by atoms with E-state index in [4.69, 9.17) is 4.42 Å². The van der Waals surface area contributed by atoms with Crippen LogP contribution in [0, 0.1) is 6.92 Å². The highest BCUT2D eigenvalue weighted by Crippen LogP contribution is 2.13. The number of rotatable bonds is 1. The summed E-state index contributed by atoms with van der Waals surface area (Å²) in [6, 6.07) is 9.34. The Bertz CT molecular complexity index is 488. The number of nitrogens with zero attached hydrogens (tertiary/aromatic N) is 1. The predicted molar refractivity (Wildman–Crippen MR) is 52.9 cm³/mol. The minimum atomic E-state index is -0.250. The van der Waals surface area contributed by atoms with Gasteiger partial charge >= 0.3 is 0 Å². The monoisotopic (exact) mass is 187 g/mol. The Kier molecular flexibility index (Phi) is 2.14. The average Bonchev–Trinajstić information content (AvgIpc) is 2.19. The molecule has 0 fully saturated rings. The molecule has 0 spiro atoms. The van der Waals surface area contributed by atoms with E-state index in [-0.39, 0.29) is 5.56 Å². The molecular formula is C11H9NO2. The lowest BCUT2D eigenvalue weighted by molar-refractivity contribution is 0.489. The van der Waals surface area contributed by atoms with Crippen molar-refractivity contribution in [1.29, 1.82) is 0 Å². The molecule has 0 aliphatic carbocycles. The third-order valence-electron chi connectivity index (χ3n) is 1.92. The molecule has 3 nitrogen and oxygen atoms in total. The third-order valence-corrected chi connectivity index (χ3v) is 1.92. The zero-order chi connectivity index (χ0) is 9.97. The van der Waals surface area contributed by atoms with Gasteiger partial charge in [0, 0.05) is 6.92 Å². The molecule has 1 heterocycles. The van der Waals surface area contributed by atoms with Gasteiger partial charge in [-0.3, -0.25) is 4.79 Å². The van der Waals surface area contributed by atoms with Crippen molar-refractivity contribution in [3.8, 4) is 11.1 Å². The number of hydrogen-bond acceptors (Lipinski definition) is 3. The molecule has 0 radical (unpaired) electrons. The minimum Gasteiger partial charge on any atom is -0.450 e. The van der Waals surface area contributed by atoms with Gasteiger partial charge in [-0.2, -0.15) is 4.98 Å². The van der Waals surface area contributed by atoms with Crippen LogP contribution in [0.5, 0.6) is 0 Å². The van der Waals surface area contributed by atoms with Crippen LogP contribution in [0.3, 0.4) is 0 Å². The smallest absolute Gasteiger partial charge is 0.283 e. The lowest BCUT2D eigenvalue weighted by Crippen LogP contribution is -2.09. The summed E-state index contributed by atoms with van der Waals surface area (Å²) in [5.41, 5.74) is 1.07. The maximum atomic E-state index is 11.5. The summed E-state index contributed by atoms with van der Waals surface area (Å²) in [4.78, 5) is 15.2. The normalized spacial score (nSPS) is 10.1. The van der Waals surface area contributed by atoms with Crippen LogP contribution in [0.15, 0.2) is 45.8 Å². The van der Waals surface area contributed by atoms with Crippen LogP contribution in [-0.2, 0) is 0 Å². The lowest BCUT2D eigenvalue weighted by Gasteiger charge is -1.98. The molecule has 3 heteroatoms. The highest BCUT2D eigenvalue weighted by molar-refractivity contribution is 5.60. The fourth-order valence-electron chi connectivity index (χ4n) is 1.23. The van der Waals surface area contributed by atoms with Crippen LogP contribution < -0.4 is 5.56 Å². The van der Waals surface area contributed by atoms with E-state index >= 15 is 0 Å². The summed E-state index contributed by atoms with van der Waals surface area (Å²) >= 11 is 0. The van der Waals surface area contributed by atoms with E-state index in [1.54, 1.807) is 6.92 Å². The summed E-state index contributed by atoms with van der Waals surface area (Å²) in [5.74, 6) is 0.384. The molecule has 0 atom stereocenters. The van der Waals surface area contributed by atoms with E-state index < -0.39 is 0 Å². The SMILES string of the molecule is Cc1nc(=O)c(-c2ccccc2)co1. The van der Waals surface area contributed by atoms with Crippen molar-refractivity contribution in [2.24, 2.45) is 0 Å². The van der Waals surface area contributed by atoms with E-state index in [9.17, 15) is 4.79 Å². The molecule has 1 aromatic carbocycles. The largest absolute Gasteiger partial charge is 0.450 e. The van der Waals surface area contributed by atoms with Crippen molar-refractivity contribution >= 4 is 0 Å². The molecule has 2 rings (SSSR count). The van der Waals surface area contributed by atoms with Gasteiger partial charge in [0.15, 0.2) is 5.89 Å². The van der Waals surface area contributed by atoms with Gasteiger partial charge in [-0.1, -0.05) is 30.3 Å². The summed E-state index contributed by atoms with van der Waals surface area (Å²) in [6.07, 6.45) is 1.44. The molecule has 2 aromatic rings. The van der Waals surface area contributed by atoms with Crippen molar-refractivity contribution in [2.45, 2.75) is 6.92 Å². The van der Waals surface area contributed by atoms with Crippen LogP contribution in [0.4, 0.5) is 0 Å². The Balaban J connectivity index is 2.59.